The van der Waals surface area contributed by atoms with E-state index in [1.807, 2.05) is 78.9 Å². The van der Waals surface area contributed by atoms with Crippen LogP contribution in [-0.4, -0.2) is 29.3 Å². The number of carbonyl (C=O) groups excluding carboxylic acids is 1. The molecule has 7 heteroatoms. The molecule has 2 heterocycles. The highest BCUT2D eigenvalue weighted by molar-refractivity contribution is 5.99. The van der Waals surface area contributed by atoms with Crippen LogP contribution in [0.5, 0.6) is 11.5 Å². The molecule has 2 amide bonds. The van der Waals surface area contributed by atoms with Gasteiger partial charge in [-0.1, -0.05) is 30.3 Å². The van der Waals surface area contributed by atoms with E-state index < -0.39 is 0 Å². The lowest BCUT2D eigenvalue weighted by Crippen LogP contribution is -2.30. The molecule has 1 aliphatic heterocycles. The number of amides is 2. The van der Waals surface area contributed by atoms with Crippen molar-refractivity contribution in [3.8, 4) is 22.8 Å². The first kappa shape index (κ1) is 22.4. The summed E-state index contributed by atoms with van der Waals surface area (Å²) in [5.41, 5.74) is 3.11. The molecule has 5 rings (SSSR count). The van der Waals surface area contributed by atoms with Crippen molar-refractivity contribution < 1.29 is 9.53 Å². The molecule has 3 aromatic carbocycles. The number of hydrogen-bond acceptors (Lipinski definition) is 5. The summed E-state index contributed by atoms with van der Waals surface area (Å²) in [7, 11) is 0. The zero-order chi connectivity index (χ0) is 23.9. The van der Waals surface area contributed by atoms with E-state index in [0.29, 0.717) is 17.1 Å². The Morgan fingerprint density at radius 2 is 1.31 bits per heavy atom. The first-order chi connectivity index (χ1) is 17.2. The van der Waals surface area contributed by atoms with Gasteiger partial charge in [0.1, 0.15) is 11.5 Å². The van der Waals surface area contributed by atoms with Crippen molar-refractivity contribution in [3.05, 3.63) is 91.0 Å². The molecule has 176 valence electrons. The smallest absolute Gasteiger partial charge is 0.323 e. The maximum atomic E-state index is 12.4. The van der Waals surface area contributed by atoms with E-state index in [2.05, 4.69) is 25.7 Å². The van der Waals surface area contributed by atoms with Crippen LogP contribution < -0.4 is 20.3 Å². The molecule has 0 bridgehead atoms. The minimum atomic E-state index is -0.319. The second kappa shape index (κ2) is 10.7. The molecule has 1 saturated heterocycles. The number of para-hydroxylation sites is 1. The molecule has 0 spiro atoms. The van der Waals surface area contributed by atoms with Crippen LogP contribution in [0.2, 0.25) is 0 Å². The summed E-state index contributed by atoms with van der Waals surface area (Å²) in [6, 6.07) is 28.1. The fourth-order valence-electron chi connectivity index (χ4n) is 4.02. The average Bonchev–Trinajstić information content (AvgIpc) is 2.91. The monoisotopic (exact) mass is 465 g/mol. The highest BCUT2D eigenvalue weighted by Crippen LogP contribution is 2.24. The fourth-order valence-corrected chi connectivity index (χ4v) is 4.02. The number of nitrogens with one attached hydrogen (secondary N) is 2. The van der Waals surface area contributed by atoms with Crippen LogP contribution in [0.3, 0.4) is 0 Å². The molecular weight excluding hydrogens is 438 g/mol. The van der Waals surface area contributed by atoms with Gasteiger partial charge >= 0.3 is 6.03 Å². The van der Waals surface area contributed by atoms with Gasteiger partial charge in [0.25, 0.3) is 0 Å². The Kier molecular flexibility index (Phi) is 6.84. The van der Waals surface area contributed by atoms with Gasteiger partial charge in [-0.05, 0) is 79.9 Å². The molecule has 2 N–H and O–H groups in total. The molecule has 1 fully saturated rings. The van der Waals surface area contributed by atoms with E-state index in [-0.39, 0.29) is 6.03 Å². The summed E-state index contributed by atoms with van der Waals surface area (Å²) >= 11 is 0. The van der Waals surface area contributed by atoms with Gasteiger partial charge in [0.2, 0.25) is 0 Å². The van der Waals surface area contributed by atoms with Gasteiger partial charge in [0, 0.05) is 30.0 Å². The number of nitrogens with zero attached hydrogens (tertiary/aromatic N) is 3. The quantitative estimate of drug-likeness (QED) is 0.337. The summed E-state index contributed by atoms with van der Waals surface area (Å²) < 4.78 is 5.78. The van der Waals surface area contributed by atoms with E-state index in [1.54, 1.807) is 12.1 Å². The third kappa shape index (κ3) is 5.95. The van der Waals surface area contributed by atoms with Gasteiger partial charge in [-0.2, -0.15) is 0 Å². The Morgan fingerprint density at radius 3 is 1.94 bits per heavy atom. The third-order valence-electron chi connectivity index (χ3n) is 5.86. The topological polar surface area (TPSA) is 79.4 Å². The van der Waals surface area contributed by atoms with Gasteiger partial charge in [-0.25, -0.2) is 4.79 Å². The van der Waals surface area contributed by atoms with Gasteiger partial charge < -0.3 is 20.3 Å². The van der Waals surface area contributed by atoms with Crippen LogP contribution in [0.25, 0.3) is 11.3 Å². The maximum absolute atomic E-state index is 12.4. The van der Waals surface area contributed by atoms with Crippen LogP contribution >= 0.6 is 0 Å². The van der Waals surface area contributed by atoms with Gasteiger partial charge in [-0.3, -0.25) is 0 Å². The van der Waals surface area contributed by atoms with Crippen LogP contribution in [-0.2, 0) is 0 Å². The Hall–Kier alpha value is -4.39. The van der Waals surface area contributed by atoms with Crippen molar-refractivity contribution in [2.24, 2.45) is 0 Å². The summed E-state index contributed by atoms with van der Waals surface area (Å²) in [5.74, 6) is 2.39. The molecule has 1 aliphatic rings. The zero-order valence-corrected chi connectivity index (χ0v) is 19.4. The molecule has 35 heavy (non-hydrogen) atoms. The van der Waals surface area contributed by atoms with E-state index in [0.717, 1.165) is 35.9 Å². The number of hydrogen-bond donors (Lipinski definition) is 2. The van der Waals surface area contributed by atoms with E-state index in [4.69, 9.17) is 4.74 Å². The number of urea groups is 1. The Balaban J connectivity index is 1.14. The van der Waals surface area contributed by atoms with Crippen LogP contribution in [0, 0.1) is 0 Å². The molecule has 4 aromatic rings. The van der Waals surface area contributed by atoms with Crippen molar-refractivity contribution >= 4 is 23.2 Å². The number of piperidine rings is 1. The van der Waals surface area contributed by atoms with Crippen LogP contribution in [0.1, 0.15) is 19.3 Å². The average molecular weight is 466 g/mol. The van der Waals surface area contributed by atoms with Crippen molar-refractivity contribution in [1.29, 1.82) is 0 Å². The number of anilines is 3. The standard InChI is InChI=1S/C28H27N5O2/c34-28(30-23-13-15-25(16-14-23)35-24-7-3-1-4-8-24)29-22-11-9-21(10-12-22)26-17-18-27(32-31-26)33-19-5-2-6-20-33/h1,3-4,7-18H,2,5-6,19-20H2,(H2,29,30,34). The molecule has 0 saturated carbocycles. The first-order valence-electron chi connectivity index (χ1n) is 11.8. The summed E-state index contributed by atoms with van der Waals surface area (Å²) in [4.78, 5) is 14.7. The minimum absolute atomic E-state index is 0.319. The predicted molar refractivity (Wildman–Crippen MR) is 139 cm³/mol. The zero-order valence-electron chi connectivity index (χ0n) is 19.4. The van der Waals surface area contributed by atoms with E-state index >= 15 is 0 Å². The highest BCUT2D eigenvalue weighted by atomic mass is 16.5. The second-order valence-corrected chi connectivity index (χ2v) is 8.42. The maximum Gasteiger partial charge on any atom is 0.323 e. The Bertz CT molecular complexity index is 1240. The largest absolute Gasteiger partial charge is 0.457 e. The number of rotatable bonds is 6. The normalized spacial score (nSPS) is 13.2. The summed E-state index contributed by atoms with van der Waals surface area (Å²) in [6.45, 7) is 2.09. The fraction of sp³-hybridized carbons (Fsp3) is 0.179. The molecule has 0 radical (unpaired) electrons. The molecule has 1 aromatic heterocycles. The molecular formula is C28H27N5O2. The van der Waals surface area contributed by atoms with Crippen molar-refractivity contribution in [3.63, 3.8) is 0 Å². The van der Waals surface area contributed by atoms with E-state index in [1.165, 1.54) is 19.3 Å². The number of benzene rings is 3. The summed E-state index contributed by atoms with van der Waals surface area (Å²) in [6.07, 6.45) is 3.70. The molecule has 0 unspecified atom stereocenters. The number of ether oxygens (including phenoxy) is 1. The SMILES string of the molecule is O=C(Nc1ccc(Oc2ccccc2)cc1)Nc1ccc(-c2ccc(N3CCCCC3)nn2)cc1. The van der Waals surface area contributed by atoms with Crippen molar-refractivity contribution in [2.45, 2.75) is 19.3 Å². The lowest BCUT2D eigenvalue weighted by atomic mass is 10.1. The van der Waals surface area contributed by atoms with Crippen LogP contribution in [0.4, 0.5) is 22.0 Å². The van der Waals surface area contributed by atoms with Crippen LogP contribution in [0.15, 0.2) is 91.0 Å². The lowest BCUT2D eigenvalue weighted by Gasteiger charge is -2.27. The molecule has 0 atom stereocenters. The molecule has 7 nitrogen and oxygen atoms in total. The minimum Gasteiger partial charge on any atom is -0.457 e. The summed E-state index contributed by atoms with van der Waals surface area (Å²) in [5, 5.41) is 14.5. The van der Waals surface area contributed by atoms with Gasteiger partial charge in [0.15, 0.2) is 5.82 Å². The third-order valence-corrected chi connectivity index (χ3v) is 5.86. The van der Waals surface area contributed by atoms with E-state index in [9.17, 15) is 4.79 Å². The predicted octanol–water partition coefficient (Wildman–Crippen LogP) is 6.57. The first-order valence-corrected chi connectivity index (χ1v) is 11.8. The lowest BCUT2D eigenvalue weighted by molar-refractivity contribution is 0.262. The second-order valence-electron chi connectivity index (χ2n) is 8.42. The van der Waals surface area contributed by atoms with Crippen molar-refractivity contribution in [1.82, 2.24) is 10.2 Å². The van der Waals surface area contributed by atoms with Gasteiger partial charge in [0.05, 0.1) is 5.69 Å². The Labute approximate surface area is 204 Å². The Morgan fingerprint density at radius 1 is 0.686 bits per heavy atom. The van der Waals surface area contributed by atoms with Gasteiger partial charge in [-0.15, -0.1) is 10.2 Å². The number of carbonyl (C=O) groups is 1. The number of aromatic nitrogens is 2. The van der Waals surface area contributed by atoms with Crippen molar-refractivity contribution in [2.75, 3.05) is 28.6 Å². The molecule has 0 aliphatic carbocycles. The highest BCUT2D eigenvalue weighted by Gasteiger charge is 2.13.